The van der Waals surface area contributed by atoms with Crippen molar-refractivity contribution in [1.29, 1.82) is 0 Å². The Hall–Kier alpha value is -2.32. The van der Waals surface area contributed by atoms with Crippen LogP contribution in [0.4, 0.5) is 0 Å². The average Bonchev–Trinajstić information content (AvgIpc) is 3.41. The van der Waals surface area contributed by atoms with Gasteiger partial charge in [0.1, 0.15) is 5.01 Å². The van der Waals surface area contributed by atoms with Gasteiger partial charge in [0.15, 0.2) is 0 Å². The number of hydrazine groups is 1. The first kappa shape index (κ1) is 18.7. The predicted molar refractivity (Wildman–Crippen MR) is 115 cm³/mol. The largest absolute Gasteiger partial charge is 0.340 e. The average molecular weight is 408 g/mol. The smallest absolute Gasteiger partial charge is 0.229 e. The second kappa shape index (κ2) is 8.20. The molecule has 0 spiro atoms. The third-order valence-electron chi connectivity index (χ3n) is 5.84. The minimum atomic E-state index is -0.0618. The molecule has 2 atom stereocenters. The molecular formula is C22H25N5OS. The zero-order valence-corrected chi connectivity index (χ0v) is 17.1. The van der Waals surface area contributed by atoms with Gasteiger partial charge in [-0.25, -0.2) is 10.4 Å². The molecule has 150 valence electrons. The van der Waals surface area contributed by atoms with Gasteiger partial charge in [-0.15, -0.1) is 11.3 Å². The number of thiazole rings is 1. The standard InChI is InChI=1S/C22H25N5OS/c28-22(17-14-23-25-21(17)16-6-2-1-3-7-16)27-12-10-26(11-13-27)15-20-24-18-8-4-5-9-19(18)29-20/h1-9,17,21,23,25H,10-15H2. The first-order chi connectivity index (χ1) is 14.3. The van der Waals surface area contributed by atoms with Gasteiger partial charge < -0.3 is 4.90 Å². The summed E-state index contributed by atoms with van der Waals surface area (Å²) in [6, 6.07) is 18.5. The molecule has 2 aliphatic rings. The molecule has 6 nitrogen and oxygen atoms in total. The Kier molecular flexibility index (Phi) is 5.28. The topological polar surface area (TPSA) is 60.5 Å². The highest BCUT2D eigenvalue weighted by Gasteiger charge is 2.37. The number of hydrogen-bond donors (Lipinski definition) is 2. The Bertz CT molecular complexity index is 950. The van der Waals surface area contributed by atoms with Gasteiger partial charge in [-0.05, 0) is 17.7 Å². The van der Waals surface area contributed by atoms with E-state index in [0.29, 0.717) is 6.54 Å². The molecule has 1 aromatic heterocycles. The number of hydrogen-bond acceptors (Lipinski definition) is 6. The molecule has 0 saturated carbocycles. The number of nitrogens with zero attached hydrogens (tertiary/aromatic N) is 3. The van der Waals surface area contributed by atoms with Gasteiger partial charge in [-0.1, -0.05) is 42.5 Å². The van der Waals surface area contributed by atoms with Gasteiger partial charge in [0.25, 0.3) is 0 Å². The fraction of sp³-hybridized carbons (Fsp3) is 0.364. The molecule has 0 bridgehead atoms. The monoisotopic (exact) mass is 407 g/mol. The van der Waals surface area contributed by atoms with E-state index in [2.05, 4.69) is 46.1 Å². The number of fused-ring (bicyclic) bond motifs is 1. The molecule has 2 unspecified atom stereocenters. The summed E-state index contributed by atoms with van der Waals surface area (Å²) in [6.45, 7) is 4.88. The van der Waals surface area contributed by atoms with Crippen LogP contribution in [-0.2, 0) is 11.3 Å². The lowest BCUT2D eigenvalue weighted by atomic mass is 9.93. The van der Waals surface area contributed by atoms with Crippen molar-refractivity contribution < 1.29 is 4.79 Å². The summed E-state index contributed by atoms with van der Waals surface area (Å²) in [4.78, 5) is 22.4. The van der Waals surface area contributed by atoms with E-state index >= 15 is 0 Å². The van der Waals surface area contributed by atoms with E-state index in [0.717, 1.165) is 48.8 Å². The van der Waals surface area contributed by atoms with Gasteiger partial charge in [-0.3, -0.25) is 15.1 Å². The summed E-state index contributed by atoms with van der Waals surface area (Å²) in [7, 11) is 0. The van der Waals surface area contributed by atoms with Crippen molar-refractivity contribution in [3.05, 3.63) is 65.2 Å². The van der Waals surface area contributed by atoms with Crippen LogP contribution in [0.1, 0.15) is 16.6 Å². The Labute approximate surface area is 174 Å². The number of nitrogens with one attached hydrogen (secondary N) is 2. The number of carbonyl (C=O) groups excluding carboxylic acids is 1. The van der Waals surface area contributed by atoms with E-state index < -0.39 is 0 Å². The Morgan fingerprint density at radius 2 is 1.79 bits per heavy atom. The third-order valence-corrected chi connectivity index (χ3v) is 6.86. The molecule has 29 heavy (non-hydrogen) atoms. The Balaban J connectivity index is 1.19. The van der Waals surface area contributed by atoms with Gasteiger partial charge in [0.2, 0.25) is 5.91 Å². The molecular weight excluding hydrogens is 382 g/mol. The highest BCUT2D eigenvalue weighted by atomic mass is 32.1. The fourth-order valence-corrected chi connectivity index (χ4v) is 5.25. The maximum absolute atomic E-state index is 13.2. The third kappa shape index (κ3) is 3.91. The molecule has 1 amide bonds. The van der Waals surface area contributed by atoms with Crippen LogP contribution in [0.15, 0.2) is 54.6 Å². The van der Waals surface area contributed by atoms with Gasteiger partial charge in [0.05, 0.1) is 28.7 Å². The first-order valence-electron chi connectivity index (χ1n) is 10.2. The number of para-hydroxylation sites is 1. The van der Waals surface area contributed by atoms with Gasteiger partial charge in [0, 0.05) is 32.7 Å². The summed E-state index contributed by atoms with van der Waals surface area (Å²) in [5, 5.41) is 1.15. The van der Waals surface area contributed by atoms with Crippen molar-refractivity contribution in [3.63, 3.8) is 0 Å². The van der Waals surface area contributed by atoms with Crippen molar-refractivity contribution in [2.24, 2.45) is 5.92 Å². The van der Waals surface area contributed by atoms with E-state index in [1.165, 1.54) is 4.70 Å². The highest BCUT2D eigenvalue weighted by Crippen LogP contribution is 2.27. The molecule has 2 N–H and O–H groups in total. The molecule has 2 aliphatic heterocycles. The van der Waals surface area contributed by atoms with E-state index in [-0.39, 0.29) is 17.9 Å². The molecule has 2 fully saturated rings. The lowest BCUT2D eigenvalue weighted by molar-refractivity contribution is -0.137. The van der Waals surface area contributed by atoms with E-state index in [9.17, 15) is 4.79 Å². The van der Waals surface area contributed by atoms with E-state index in [1.54, 1.807) is 11.3 Å². The maximum atomic E-state index is 13.2. The number of rotatable bonds is 4. The van der Waals surface area contributed by atoms with Crippen LogP contribution in [-0.4, -0.2) is 53.4 Å². The molecule has 2 aromatic carbocycles. The van der Waals surface area contributed by atoms with Crippen molar-refractivity contribution in [3.8, 4) is 0 Å². The number of benzene rings is 2. The van der Waals surface area contributed by atoms with Crippen LogP contribution >= 0.6 is 11.3 Å². The number of carbonyl (C=O) groups is 1. The van der Waals surface area contributed by atoms with E-state index in [1.807, 2.05) is 29.2 Å². The summed E-state index contributed by atoms with van der Waals surface area (Å²) in [5.41, 5.74) is 8.70. The molecule has 3 aromatic rings. The highest BCUT2D eigenvalue weighted by molar-refractivity contribution is 7.18. The van der Waals surface area contributed by atoms with Crippen molar-refractivity contribution >= 4 is 27.5 Å². The number of amides is 1. The van der Waals surface area contributed by atoms with Crippen molar-refractivity contribution in [1.82, 2.24) is 25.6 Å². The van der Waals surface area contributed by atoms with Crippen LogP contribution in [0.25, 0.3) is 10.2 Å². The minimum absolute atomic E-state index is 0.0319. The first-order valence-corrected chi connectivity index (χ1v) is 11.0. The summed E-state index contributed by atoms with van der Waals surface area (Å²) in [5.74, 6) is 0.184. The molecule has 0 radical (unpaired) electrons. The van der Waals surface area contributed by atoms with Crippen molar-refractivity contribution in [2.75, 3.05) is 32.7 Å². The SMILES string of the molecule is O=C(C1CNNC1c1ccccc1)N1CCN(Cc2nc3ccccc3s2)CC1. The lowest BCUT2D eigenvalue weighted by Crippen LogP contribution is -2.50. The van der Waals surface area contributed by atoms with Crippen LogP contribution in [0.3, 0.4) is 0 Å². The van der Waals surface area contributed by atoms with Gasteiger partial charge in [-0.2, -0.15) is 0 Å². The molecule has 0 aliphatic carbocycles. The second-order valence-corrected chi connectivity index (χ2v) is 8.81. The van der Waals surface area contributed by atoms with E-state index in [4.69, 9.17) is 4.98 Å². The minimum Gasteiger partial charge on any atom is -0.340 e. The lowest BCUT2D eigenvalue weighted by Gasteiger charge is -2.36. The van der Waals surface area contributed by atoms with Crippen molar-refractivity contribution in [2.45, 2.75) is 12.6 Å². The normalized spacial score (nSPS) is 23.0. The Morgan fingerprint density at radius 1 is 1.03 bits per heavy atom. The van der Waals surface area contributed by atoms with Crippen LogP contribution < -0.4 is 10.9 Å². The number of piperazine rings is 1. The van der Waals surface area contributed by atoms with Crippen LogP contribution in [0, 0.1) is 5.92 Å². The maximum Gasteiger partial charge on any atom is 0.229 e. The van der Waals surface area contributed by atoms with Crippen LogP contribution in [0.2, 0.25) is 0 Å². The zero-order chi connectivity index (χ0) is 19.6. The number of aromatic nitrogens is 1. The quantitative estimate of drug-likeness (QED) is 0.696. The second-order valence-electron chi connectivity index (χ2n) is 7.70. The predicted octanol–water partition coefficient (Wildman–Crippen LogP) is 2.41. The summed E-state index contributed by atoms with van der Waals surface area (Å²) >= 11 is 1.77. The summed E-state index contributed by atoms with van der Waals surface area (Å²) < 4.78 is 1.24. The molecule has 7 heteroatoms. The molecule has 3 heterocycles. The zero-order valence-electron chi connectivity index (χ0n) is 16.3. The molecule has 5 rings (SSSR count). The van der Waals surface area contributed by atoms with Gasteiger partial charge >= 0.3 is 0 Å². The Morgan fingerprint density at radius 3 is 2.59 bits per heavy atom. The summed E-state index contributed by atoms with van der Waals surface area (Å²) in [6.07, 6.45) is 0. The van der Waals surface area contributed by atoms with Crippen LogP contribution in [0.5, 0.6) is 0 Å². The fourth-order valence-electron chi connectivity index (χ4n) is 4.24. The molecule has 2 saturated heterocycles.